The Labute approximate surface area is 195 Å². The van der Waals surface area contributed by atoms with Gasteiger partial charge in [0.2, 0.25) is 5.91 Å². The van der Waals surface area contributed by atoms with Crippen molar-refractivity contribution in [1.82, 2.24) is 10.2 Å². The van der Waals surface area contributed by atoms with Crippen molar-refractivity contribution in [3.05, 3.63) is 89.5 Å². The molecular weight excluding hydrogens is 436 g/mol. The lowest BCUT2D eigenvalue weighted by atomic mass is 10.1. The van der Waals surface area contributed by atoms with Crippen LogP contribution in [-0.2, 0) is 4.79 Å². The van der Waals surface area contributed by atoms with E-state index in [1.54, 1.807) is 36.4 Å². The molecule has 0 spiro atoms. The first kappa shape index (κ1) is 22.3. The standard InChI is InChI=1S/C25H22N4O3S/c1-16-12-13-20(17(2)14-16)26-22(30)15-33-25-29-28-24(32-25)19-10-6-7-11-21(19)27-23(31)18-8-4-3-5-9-18/h3-14H,15H2,1-2H3,(H,26,30)(H,27,31). The van der Waals surface area contributed by atoms with Gasteiger partial charge in [0.1, 0.15) is 0 Å². The number of benzene rings is 3. The molecule has 1 aromatic heterocycles. The fourth-order valence-electron chi connectivity index (χ4n) is 3.21. The number of para-hydroxylation sites is 1. The number of aryl methyl sites for hydroxylation is 2. The number of amides is 2. The Morgan fingerprint density at radius 3 is 2.42 bits per heavy atom. The summed E-state index contributed by atoms with van der Waals surface area (Å²) < 4.78 is 5.75. The number of hydrogen-bond acceptors (Lipinski definition) is 6. The zero-order chi connectivity index (χ0) is 23.2. The Morgan fingerprint density at radius 2 is 1.64 bits per heavy atom. The van der Waals surface area contributed by atoms with E-state index in [0.717, 1.165) is 28.6 Å². The Balaban J connectivity index is 1.41. The predicted octanol–water partition coefficient (Wildman–Crippen LogP) is 5.34. The third-order valence-corrected chi connectivity index (χ3v) is 5.65. The van der Waals surface area contributed by atoms with Gasteiger partial charge in [0, 0.05) is 11.3 Å². The number of thioether (sulfide) groups is 1. The summed E-state index contributed by atoms with van der Waals surface area (Å²) in [5, 5.41) is 14.2. The van der Waals surface area contributed by atoms with Crippen LogP contribution in [0.5, 0.6) is 0 Å². The smallest absolute Gasteiger partial charge is 0.277 e. The van der Waals surface area contributed by atoms with Crippen molar-refractivity contribution in [2.45, 2.75) is 19.1 Å². The van der Waals surface area contributed by atoms with Gasteiger partial charge in [0.05, 0.1) is 17.0 Å². The average molecular weight is 459 g/mol. The first-order valence-electron chi connectivity index (χ1n) is 10.3. The summed E-state index contributed by atoms with van der Waals surface area (Å²) in [6, 6.07) is 22.0. The molecule has 0 aliphatic rings. The molecule has 4 rings (SSSR count). The molecule has 8 heteroatoms. The number of hydrogen-bond donors (Lipinski definition) is 2. The van der Waals surface area contributed by atoms with Gasteiger partial charge < -0.3 is 15.1 Å². The molecular formula is C25H22N4O3S. The fraction of sp³-hybridized carbons (Fsp3) is 0.120. The summed E-state index contributed by atoms with van der Waals surface area (Å²) in [6.45, 7) is 3.96. The minimum Gasteiger partial charge on any atom is -0.411 e. The molecule has 0 saturated carbocycles. The van der Waals surface area contributed by atoms with Crippen molar-refractivity contribution in [1.29, 1.82) is 0 Å². The van der Waals surface area contributed by atoms with E-state index in [4.69, 9.17) is 4.42 Å². The van der Waals surface area contributed by atoms with E-state index >= 15 is 0 Å². The van der Waals surface area contributed by atoms with Gasteiger partial charge >= 0.3 is 0 Å². The normalized spacial score (nSPS) is 10.6. The molecule has 2 amide bonds. The van der Waals surface area contributed by atoms with E-state index in [2.05, 4.69) is 20.8 Å². The third-order valence-electron chi connectivity index (χ3n) is 4.83. The monoisotopic (exact) mass is 458 g/mol. The van der Waals surface area contributed by atoms with Gasteiger partial charge in [-0.2, -0.15) is 0 Å². The second kappa shape index (κ2) is 10.1. The molecule has 4 aromatic rings. The molecule has 0 atom stereocenters. The molecule has 7 nitrogen and oxygen atoms in total. The molecule has 3 aromatic carbocycles. The summed E-state index contributed by atoms with van der Waals surface area (Å²) in [5.41, 5.74) is 4.62. The average Bonchev–Trinajstić information content (AvgIpc) is 3.29. The molecule has 1 heterocycles. The van der Waals surface area contributed by atoms with Crippen molar-refractivity contribution in [2.24, 2.45) is 0 Å². The summed E-state index contributed by atoms with van der Waals surface area (Å²) in [5.74, 6) is -0.0138. The molecule has 2 N–H and O–H groups in total. The number of aromatic nitrogens is 2. The lowest BCUT2D eigenvalue weighted by molar-refractivity contribution is -0.113. The number of nitrogens with one attached hydrogen (secondary N) is 2. The Bertz CT molecular complexity index is 1290. The van der Waals surface area contributed by atoms with Crippen molar-refractivity contribution in [2.75, 3.05) is 16.4 Å². The van der Waals surface area contributed by atoms with E-state index in [0.29, 0.717) is 16.8 Å². The summed E-state index contributed by atoms with van der Waals surface area (Å²) in [4.78, 5) is 24.9. The minimum absolute atomic E-state index is 0.126. The van der Waals surface area contributed by atoms with Gasteiger partial charge in [0.25, 0.3) is 17.0 Å². The van der Waals surface area contributed by atoms with Crippen LogP contribution >= 0.6 is 11.8 Å². The van der Waals surface area contributed by atoms with Gasteiger partial charge in [-0.25, -0.2) is 0 Å². The number of nitrogens with zero attached hydrogens (tertiary/aromatic N) is 2. The molecule has 0 radical (unpaired) electrons. The largest absolute Gasteiger partial charge is 0.411 e. The van der Waals surface area contributed by atoms with E-state index in [1.807, 2.05) is 50.2 Å². The highest BCUT2D eigenvalue weighted by atomic mass is 32.2. The molecule has 0 aliphatic heterocycles. The Morgan fingerprint density at radius 1 is 0.879 bits per heavy atom. The van der Waals surface area contributed by atoms with Crippen LogP contribution in [0.4, 0.5) is 11.4 Å². The second-order valence-corrected chi connectivity index (χ2v) is 8.32. The maximum Gasteiger partial charge on any atom is 0.277 e. The van der Waals surface area contributed by atoms with Crippen molar-refractivity contribution in [3.63, 3.8) is 0 Å². The van der Waals surface area contributed by atoms with Crippen LogP contribution in [-0.4, -0.2) is 27.8 Å². The fourth-order valence-corrected chi connectivity index (χ4v) is 3.77. The first-order chi connectivity index (χ1) is 16.0. The topological polar surface area (TPSA) is 97.1 Å². The highest BCUT2D eigenvalue weighted by Crippen LogP contribution is 2.29. The van der Waals surface area contributed by atoms with Crippen LogP contribution in [0.3, 0.4) is 0 Å². The molecule has 33 heavy (non-hydrogen) atoms. The molecule has 0 bridgehead atoms. The predicted molar refractivity (Wildman–Crippen MR) is 129 cm³/mol. The molecule has 166 valence electrons. The van der Waals surface area contributed by atoms with E-state index in [1.165, 1.54) is 0 Å². The summed E-state index contributed by atoms with van der Waals surface area (Å²) >= 11 is 1.15. The van der Waals surface area contributed by atoms with Crippen LogP contribution < -0.4 is 10.6 Å². The van der Waals surface area contributed by atoms with Gasteiger partial charge in [-0.3, -0.25) is 9.59 Å². The van der Waals surface area contributed by atoms with Gasteiger partial charge in [0.15, 0.2) is 0 Å². The van der Waals surface area contributed by atoms with E-state index < -0.39 is 0 Å². The number of carbonyl (C=O) groups excluding carboxylic acids is 2. The zero-order valence-corrected chi connectivity index (χ0v) is 19.0. The van der Waals surface area contributed by atoms with E-state index in [9.17, 15) is 9.59 Å². The SMILES string of the molecule is Cc1ccc(NC(=O)CSc2nnc(-c3ccccc3NC(=O)c3ccccc3)o2)c(C)c1. The van der Waals surface area contributed by atoms with Gasteiger partial charge in [-0.15, -0.1) is 10.2 Å². The van der Waals surface area contributed by atoms with Crippen molar-refractivity contribution < 1.29 is 14.0 Å². The molecule has 0 unspecified atom stereocenters. The molecule has 0 aliphatic carbocycles. The highest BCUT2D eigenvalue weighted by Gasteiger charge is 2.16. The Hall–Kier alpha value is -3.91. The second-order valence-electron chi connectivity index (χ2n) is 7.39. The lowest BCUT2D eigenvalue weighted by Crippen LogP contribution is -2.14. The molecule has 0 saturated heterocycles. The lowest BCUT2D eigenvalue weighted by Gasteiger charge is -2.08. The number of carbonyl (C=O) groups is 2. The first-order valence-corrected chi connectivity index (χ1v) is 11.3. The van der Waals surface area contributed by atoms with Gasteiger partial charge in [-0.1, -0.05) is 59.8 Å². The van der Waals surface area contributed by atoms with Crippen molar-refractivity contribution >= 4 is 35.0 Å². The highest BCUT2D eigenvalue weighted by molar-refractivity contribution is 7.99. The molecule has 0 fully saturated rings. The maximum absolute atomic E-state index is 12.5. The van der Waals surface area contributed by atoms with Crippen LogP contribution in [0.1, 0.15) is 21.5 Å². The number of anilines is 2. The van der Waals surface area contributed by atoms with Crippen LogP contribution in [0.2, 0.25) is 0 Å². The quantitative estimate of drug-likeness (QED) is 0.363. The van der Waals surface area contributed by atoms with Crippen LogP contribution in [0, 0.1) is 13.8 Å². The van der Waals surface area contributed by atoms with Gasteiger partial charge in [-0.05, 0) is 49.7 Å². The van der Waals surface area contributed by atoms with Crippen LogP contribution in [0.15, 0.2) is 82.4 Å². The summed E-state index contributed by atoms with van der Waals surface area (Å²) in [6.07, 6.45) is 0. The minimum atomic E-state index is -0.236. The summed E-state index contributed by atoms with van der Waals surface area (Å²) in [7, 11) is 0. The van der Waals surface area contributed by atoms with E-state index in [-0.39, 0.29) is 28.7 Å². The zero-order valence-electron chi connectivity index (χ0n) is 18.2. The third kappa shape index (κ3) is 5.67. The van der Waals surface area contributed by atoms with Crippen molar-refractivity contribution in [3.8, 4) is 11.5 Å². The maximum atomic E-state index is 12.5. The Kier molecular flexibility index (Phi) is 6.85. The van der Waals surface area contributed by atoms with Crippen LogP contribution in [0.25, 0.3) is 11.5 Å². The number of rotatable bonds is 7.